The van der Waals surface area contributed by atoms with Crippen LogP contribution < -0.4 is 10.5 Å². The van der Waals surface area contributed by atoms with E-state index < -0.39 is 0 Å². The summed E-state index contributed by atoms with van der Waals surface area (Å²) in [5, 5.41) is 20.0. The minimum absolute atomic E-state index is 0.0773. The van der Waals surface area contributed by atoms with E-state index in [4.69, 9.17) is 5.11 Å². The number of hydrogen-bond acceptors (Lipinski definition) is 8. The Labute approximate surface area is 160 Å². The minimum atomic E-state index is -0.113. The van der Waals surface area contributed by atoms with Crippen LogP contribution in [0.5, 0.6) is 0 Å². The molecule has 8 nitrogen and oxygen atoms in total. The van der Waals surface area contributed by atoms with Crippen molar-refractivity contribution in [3.63, 3.8) is 0 Å². The molecule has 4 rings (SSSR count). The van der Waals surface area contributed by atoms with E-state index in [9.17, 15) is 4.79 Å². The molecule has 0 aliphatic carbocycles. The number of hydrogen-bond donors (Lipinski definition) is 1. The first kappa shape index (κ1) is 18.0. The maximum absolute atomic E-state index is 12.4. The van der Waals surface area contributed by atoms with Crippen LogP contribution >= 0.6 is 11.3 Å². The molecule has 2 aromatic heterocycles. The van der Waals surface area contributed by atoms with Crippen molar-refractivity contribution in [2.24, 2.45) is 0 Å². The monoisotopic (exact) mass is 386 g/mol. The number of aliphatic hydroxyl groups is 1. The Hall–Kier alpha value is -2.36. The lowest BCUT2D eigenvalue weighted by molar-refractivity contribution is 0.249. The standard InChI is InChI=1S/C18H22N6O2S/c1-13-20-21-17(27-13)11-22-4-6-23(7-5-22)14-2-3-15-16(10-14)19-12-24(8-9-25)18(15)26/h2-3,10,12,25H,4-9,11H2,1H3. The molecule has 1 aromatic carbocycles. The van der Waals surface area contributed by atoms with Crippen LogP contribution in [0.15, 0.2) is 29.3 Å². The van der Waals surface area contributed by atoms with E-state index in [0.717, 1.165) is 48.4 Å². The quantitative estimate of drug-likeness (QED) is 0.696. The highest BCUT2D eigenvalue weighted by atomic mass is 32.1. The van der Waals surface area contributed by atoms with Crippen LogP contribution in [0, 0.1) is 6.92 Å². The maximum Gasteiger partial charge on any atom is 0.261 e. The van der Waals surface area contributed by atoms with E-state index in [1.807, 2.05) is 25.1 Å². The van der Waals surface area contributed by atoms with Crippen LogP contribution in [-0.2, 0) is 13.1 Å². The molecule has 0 spiro atoms. The smallest absolute Gasteiger partial charge is 0.261 e. The SMILES string of the molecule is Cc1nnc(CN2CCN(c3ccc4c(=O)n(CCO)cnc4c3)CC2)s1. The fourth-order valence-electron chi connectivity index (χ4n) is 3.37. The predicted molar refractivity (Wildman–Crippen MR) is 105 cm³/mol. The molecule has 0 atom stereocenters. The average molecular weight is 386 g/mol. The van der Waals surface area contributed by atoms with Crippen LogP contribution in [0.1, 0.15) is 10.0 Å². The average Bonchev–Trinajstić information content (AvgIpc) is 3.09. The molecule has 1 saturated heterocycles. The molecule has 1 aliphatic heterocycles. The molecular formula is C18H22N6O2S. The first-order valence-corrected chi connectivity index (χ1v) is 9.82. The van der Waals surface area contributed by atoms with Gasteiger partial charge in [-0.2, -0.15) is 0 Å². The van der Waals surface area contributed by atoms with Crippen molar-refractivity contribution in [2.45, 2.75) is 20.0 Å². The third-order valence-electron chi connectivity index (χ3n) is 4.81. The van der Waals surface area contributed by atoms with Crippen LogP contribution in [0.3, 0.4) is 0 Å². The first-order valence-electron chi connectivity index (χ1n) is 9.00. The van der Waals surface area contributed by atoms with Gasteiger partial charge in [-0.15, -0.1) is 21.5 Å². The summed E-state index contributed by atoms with van der Waals surface area (Å²) in [6.45, 7) is 6.78. The number of aryl methyl sites for hydroxylation is 1. The Morgan fingerprint density at radius 1 is 1.19 bits per heavy atom. The lowest BCUT2D eigenvalue weighted by Gasteiger charge is -2.35. The molecule has 0 amide bonds. The molecule has 27 heavy (non-hydrogen) atoms. The molecule has 0 bridgehead atoms. The van der Waals surface area contributed by atoms with Gasteiger partial charge in [0.15, 0.2) is 0 Å². The van der Waals surface area contributed by atoms with Gasteiger partial charge in [0.05, 0.1) is 36.9 Å². The van der Waals surface area contributed by atoms with Crippen molar-refractivity contribution in [3.05, 3.63) is 44.9 Å². The zero-order chi connectivity index (χ0) is 18.8. The normalized spacial score (nSPS) is 15.6. The summed E-state index contributed by atoms with van der Waals surface area (Å²) in [6, 6.07) is 5.80. The highest BCUT2D eigenvalue weighted by Crippen LogP contribution is 2.21. The first-order chi connectivity index (χ1) is 13.1. The highest BCUT2D eigenvalue weighted by Gasteiger charge is 2.19. The van der Waals surface area contributed by atoms with Crippen molar-refractivity contribution in [1.82, 2.24) is 24.6 Å². The highest BCUT2D eigenvalue weighted by molar-refractivity contribution is 7.11. The third kappa shape index (κ3) is 3.85. The van der Waals surface area contributed by atoms with Gasteiger partial charge in [0.2, 0.25) is 0 Å². The molecule has 0 saturated carbocycles. The Balaban J connectivity index is 1.45. The second kappa shape index (κ2) is 7.71. The molecule has 0 radical (unpaired) electrons. The van der Waals surface area contributed by atoms with Crippen molar-refractivity contribution in [2.75, 3.05) is 37.7 Å². The summed E-state index contributed by atoms with van der Waals surface area (Å²) >= 11 is 1.65. The fourth-order valence-corrected chi connectivity index (χ4v) is 4.12. The molecule has 3 aromatic rings. The van der Waals surface area contributed by atoms with Crippen molar-refractivity contribution in [3.8, 4) is 0 Å². The van der Waals surface area contributed by atoms with Gasteiger partial charge in [-0.3, -0.25) is 14.3 Å². The summed E-state index contributed by atoms with van der Waals surface area (Å²) in [5.41, 5.74) is 1.66. The number of benzene rings is 1. The van der Waals surface area contributed by atoms with Crippen molar-refractivity contribution >= 4 is 27.9 Å². The number of nitrogens with zero attached hydrogens (tertiary/aromatic N) is 6. The van der Waals surface area contributed by atoms with Gasteiger partial charge in [-0.25, -0.2) is 4.98 Å². The molecule has 1 fully saturated rings. The molecule has 0 unspecified atom stereocenters. The summed E-state index contributed by atoms with van der Waals surface area (Å²) < 4.78 is 1.44. The summed E-state index contributed by atoms with van der Waals surface area (Å²) in [7, 11) is 0. The maximum atomic E-state index is 12.4. The molecule has 3 heterocycles. The summed E-state index contributed by atoms with van der Waals surface area (Å²) in [5.74, 6) is 0. The van der Waals surface area contributed by atoms with Crippen LogP contribution in [0.25, 0.3) is 10.9 Å². The van der Waals surface area contributed by atoms with E-state index in [2.05, 4.69) is 25.0 Å². The fraction of sp³-hybridized carbons (Fsp3) is 0.444. The van der Waals surface area contributed by atoms with Crippen molar-refractivity contribution in [1.29, 1.82) is 0 Å². The molecule has 1 aliphatic rings. The number of rotatable bonds is 5. The van der Waals surface area contributed by atoms with E-state index in [0.29, 0.717) is 10.9 Å². The van der Waals surface area contributed by atoms with E-state index in [-0.39, 0.29) is 18.7 Å². The molecule has 142 valence electrons. The predicted octanol–water partition coefficient (Wildman–Crippen LogP) is 0.871. The molecule has 9 heteroatoms. The van der Waals surface area contributed by atoms with Gasteiger partial charge < -0.3 is 10.0 Å². The summed E-state index contributed by atoms with van der Waals surface area (Å²) in [6.07, 6.45) is 1.51. The van der Waals surface area contributed by atoms with Gasteiger partial charge in [-0.05, 0) is 25.1 Å². The van der Waals surface area contributed by atoms with Gasteiger partial charge in [0.25, 0.3) is 5.56 Å². The van der Waals surface area contributed by atoms with Gasteiger partial charge in [0.1, 0.15) is 10.0 Å². The van der Waals surface area contributed by atoms with Crippen LogP contribution in [-0.4, -0.2) is 62.5 Å². The zero-order valence-corrected chi connectivity index (χ0v) is 16.0. The van der Waals surface area contributed by atoms with E-state index in [1.54, 1.807) is 11.3 Å². The second-order valence-corrected chi connectivity index (χ2v) is 7.91. The minimum Gasteiger partial charge on any atom is -0.395 e. The van der Waals surface area contributed by atoms with Gasteiger partial charge >= 0.3 is 0 Å². The number of anilines is 1. The number of piperazine rings is 1. The zero-order valence-electron chi connectivity index (χ0n) is 15.2. The lowest BCUT2D eigenvalue weighted by Crippen LogP contribution is -2.46. The van der Waals surface area contributed by atoms with Gasteiger partial charge in [-0.1, -0.05) is 0 Å². The Morgan fingerprint density at radius 2 is 2.00 bits per heavy atom. The van der Waals surface area contributed by atoms with Crippen LogP contribution in [0.2, 0.25) is 0 Å². The summed E-state index contributed by atoms with van der Waals surface area (Å²) in [4.78, 5) is 21.5. The third-order valence-corrected chi connectivity index (χ3v) is 5.64. The van der Waals surface area contributed by atoms with Crippen LogP contribution in [0.4, 0.5) is 5.69 Å². The van der Waals surface area contributed by atoms with Gasteiger partial charge in [0, 0.05) is 31.9 Å². The largest absolute Gasteiger partial charge is 0.395 e. The Kier molecular flexibility index (Phi) is 5.15. The lowest BCUT2D eigenvalue weighted by atomic mass is 10.2. The Morgan fingerprint density at radius 3 is 2.70 bits per heavy atom. The Bertz CT molecular complexity index is 993. The number of aromatic nitrogens is 4. The second-order valence-electron chi connectivity index (χ2n) is 6.65. The molecular weight excluding hydrogens is 364 g/mol. The number of fused-ring (bicyclic) bond motifs is 1. The number of aliphatic hydroxyl groups excluding tert-OH is 1. The van der Waals surface area contributed by atoms with Crippen molar-refractivity contribution < 1.29 is 5.11 Å². The molecule has 1 N–H and O–H groups in total. The van der Waals surface area contributed by atoms with E-state index in [1.165, 1.54) is 10.9 Å². The topological polar surface area (TPSA) is 87.4 Å². The van der Waals surface area contributed by atoms with E-state index >= 15 is 0 Å².